The average Bonchev–Trinajstić information content (AvgIpc) is 2.35. The largest absolute Gasteiger partial charge is 0.481 e. The SMILES string of the molecule is CC(C)N(CC(N)=O)S(=O)(=O)N1CCC(C(=O)O)CC1. The lowest BCUT2D eigenvalue weighted by molar-refractivity contribution is -0.143. The maximum absolute atomic E-state index is 12.4. The number of carbonyl (C=O) groups is 2. The summed E-state index contributed by atoms with van der Waals surface area (Å²) < 4.78 is 27.1. The first-order valence-corrected chi connectivity index (χ1v) is 7.84. The van der Waals surface area contributed by atoms with Crippen molar-refractivity contribution < 1.29 is 23.1 Å². The maximum atomic E-state index is 12.4. The molecule has 0 aromatic rings. The van der Waals surface area contributed by atoms with Gasteiger partial charge in [-0.25, -0.2) is 0 Å². The molecule has 3 N–H and O–H groups in total. The number of carboxylic acid groups (broad SMARTS) is 1. The van der Waals surface area contributed by atoms with Crippen LogP contribution in [0.25, 0.3) is 0 Å². The highest BCUT2D eigenvalue weighted by Crippen LogP contribution is 2.22. The van der Waals surface area contributed by atoms with Gasteiger partial charge in [-0.2, -0.15) is 17.0 Å². The minimum absolute atomic E-state index is 0.140. The highest BCUT2D eigenvalue weighted by Gasteiger charge is 2.36. The molecule has 0 atom stereocenters. The molecule has 0 bridgehead atoms. The first-order valence-electron chi connectivity index (χ1n) is 6.44. The number of carboxylic acids is 1. The van der Waals surface area contributed by atoms with Crippen LogP contribution in [0.15, 0.2) is 0 Å². The fraction of sp³-hybridized carbons (Fsp3) is 0.818. The topological polar surface area (TPSA) is 121 Å². The number of aliphatic carboxylic acids is 1. The summed E-state index contributed by atoms with van der Waals surface area (Å²) in [5.41, 5.74) is 5.08. The fourth-order valence-electron chi connectivity index (χ4n) is 2.17. The Bertz CT molecular complexity index is 468. The smallest absolute Gasteiger partial charge is 0.306 e. The summed E-state index contributed by atoms with van der Waals surface area (Å²) in [7, 11) is -3.79. The molecule has 0 saturated carbocycles. The standard InChI is InChI=1S/C11H21N3O5S/c1-8(2)14(7-10(12)15)20(18,19)13-5-3-9(4-6-13)11(16)17/h8-9H,3-7H2,1-2H3,(H2,12,15)(H,16,17). The number of carbonyl (C=O) groups excluding carboxylic acids is 1. The van der Waals surface area contributed by atoms with Gasteiger partial charge < -0.3 is 10.8 Å². The molecule has 1 amide bonds. The fourth-order valence-corrected chi connectivity index (χ4v) is 3.96. The lowest BCUT2D eigenvalue weighted by Crippen LogP contribution is -2.52. The summed E-state index contributed by atoms with van der Waals surface area (Å²) in [6.07, 6.45) is 0.550. The van der Waals surface area contributed by atoms with Gasteiger partial charge in [0, 0.05) is 19.1 Å². The number of primary amides is 1. The number of hydrogen-bond acceptors (Lipinski definition) is 4. The van der Waals surface area contributed by atoms with Crippen LogP contribution in [-0.2, 0) is 19.8 Å². The quantitative estimate of drug-likeness (QED) is 0.667. The third-order valence-electron chi connectivity index (χ3n) is 3.31. The van der Waals surface area contributed by atoms with Gasteiger partial charge in [0.15, 0.2) is 0 Å². The zero-order chi connectivity index (χ0) is 15.5. The van der Waals surface area contributed by atoms with E-state index in [0.717, 1.165) is 4.31 Å². The van der Waals surface area contributed by atoms with E-state index in [-0.39, 0.29) is 32.5 Å². The predicted octanol–water partition coefficient (Wildman–Crippen LogP) is -0.776. The Hall–Kier alpha value is -1.19. The molecular formula is C11H21N3O5S. The number of amides is 1. The Morgan fingerprint density at radius 1 is 1.35 bits per heavy atom. The van der Waals surface area contributed by atoms with E-state index in [4.69, 9.17) is 10.8 Å². The maximum Gasteiger partial charge on any atom is 0.306 e. The van der Waals surface area contributed by atoms with Gasteiger partial charge in [-0.1, -0.05) is 0 Å². The van der Waals surface area contributed by atoms with E-state index in [0.29, 0.717) is 0 Å². The summed E-state index contributed by atoms with van der Waals surface area (Å²) in [5.74, 6) is -2.13. The number of rotatable bonds is 6. The van der Waals surface area contributed by atoms with Gasteiger partial charge in [0.25, 0.3) is 10.2 Å². The van der Waals surface area contributed by atoms with Gasteiger partial charge in [0.1, 0.15) is 0 Å². The molecule has 8 nitrogen and oxygen atoms in total. The van der Waals surface area contributed by atoms with E-state index in [9.17, 15) is 18.0 Å². The van der Waals surface area contributed by atoms with E-state index in [1.807, 2.05) is 0 Å². The molecule has 1 aliphatic rings. The molecule has 0 spiro atoms. The van der Waals surface area contributed by atoms with Gasteiger partial charge in [0.05, 0.1) is 12.5 Å². The molecular weight excluding hydrogens is 286 g/mol. The predicted molar refractivity (Wildman–Crippen MR) is 71.9 cm³/mol. The molecule has 0 aliphatic carbocycles. The molecule has 1 fully saturated rings. The van der Waals surface area contributed by atoms with Crippen LogP contribution in [0.4, 0.5) is 0 Å². The summed E-state index contributed by atoms with van der Waals surface area (Å²) in [6, 6.07) is -0.398. The highest BCUT2D eigenvalue weighted by atomic mass is 32.2. The summed E-state index contributed by atoms with van der Waals surface area (Å²) >= 11 is 0. The highest BCUT2D eigenvalue weighted by molar-refractivity contribution is 7.86. The Morgan fingerprint density at radius 3 is 2.20 bits per heavy atom. The Kier molecular flexibility index (Phi) is 5.49. The Labute approximate surface area is 118 Å². The minimum Gasteiger partial charge on any atom is -0.481 e. The zero-order valence-electron chi connectivity index (χ0n) is 11.7. The van der Waals surface area contributed by atoms with E-state index in [1.54, 1.807) is 13.8 Å². The van der Waals surface area contributed by atoms with Crippen molar-refractivity contribution in [2.45, 2.75) is 32.7 Å². The average molecular weight is 307 g/mol. The van der Waals surface area contributed by atoms with Crippen LogP contribution in [0.3, 0.4) is 0 Å². The number of piperidine rings is 1. The van der Waals surface area contributed by atoms with Crippen LogP contribution in [-0.4, -0.2) is 59.7 Å². The Morgan fingerprint density at radius 2 is 1.85 bits per heavy atom. The number of nitrogens with two attached hydrogens (primary N) is 1. The molecule has 1 heterocycles. The van der Waals surface area contributed by atoms with Crippen LogP contribution in [0.1, 0.15) is 26.7 Å². The molecule has 0 radical (unpaired) electrons. The summed E-state index contributed by atoms with van der Waals surface area (Å²) in [6.45, 7) is 3.22. The molecule has 1 saturated heterocycles. The van der Waals surface area contributed by atoms with Crippen LogP contribution in [0.5, 0.6) is 0 Å². The van der Waals surface area contributed by atoms with Gasteiger partial charge in [-0.3, -0.25) is 9.59 Å². The molecule has 1 aliphatic heterocycles. The number of nitrogens with zero attached hydrogens (tertiary/aromatic N) is 2. The normalized spacial score (nSPS) is 18.6. The van der Waals surface area contributed by atoms with Crippen molar-refractivity contribution in [1.29, 1.82) is 0 Å². The lowest BCUT2D eigenvalue weighted by atomic mass is 9.99. The molecule has 0 aromatic carbocycles. The van der Waals surface area contributed by atoms with Gasteiger partial charge >= 0.3 is 5.97 Å². The van der Waals surface area contributed by atoms with E-state index < -0.39 is 34.0 Å². The van der Waals surface area contributed by atoms with Crippen molar-refractivity contribution in [3.05, 3.63) is 0 Å². The molecule has 0 unspecified atom stereocenters. The summed E-state index contributed by atoms with van der Waals surface area (Å²) in [4.78, 5) is 21.9. The van der Waals surface area contributed by atoms with E-state index in [2.05, 4.69) is 0 Å². The monoisotopic (exact) mass is 307 g/mol. The van der Waals surface area contributed by atoms with Crippen molar-refractivity contribution in [2.75, 3.05) is 19.6 Å². The van der Waals surface area contributed by atoms with Gasteiger partial charge in [-0.15, -0.1) is 0 Å². The first-order chi connectivity index (χ1) is 9.16. The van der Waals surface area contributed by atoms with Gasteiger partial charge in [-0.05, 0) is 26.7 Å². The second-order valence-corrected chi connectivity index (χ2v) is 7.01. The zero-order valence-corrected chi connectivity index (χ0v) is 12.5. The van der Waals surface area contributed by atoms with Crippen molar-refractivity contribution in [2.24, 2.45) is 11.7 Å². The second-order valence-electron chi connectivity index (χ2n) is 5.12. The second kappa shape index (κ2) is 6.51. The van der Waals surface area contributed by atoms with Crippen LogP contribution < -0.4 is 5.73 Å². The van der Waals surface area contributed by atoms with Crippen molar-refractivity contribution in [1.82, 2.24) is 8.61 Å². The van der Waals surface area contributed by atoms with Crippen LogP contribution >= 0.6 is 0 Å². The van der Waals surface area contributed by atoms with E-state index >= 15 is 0 Å². The molecule has 20 heavy (non-hydrogen) atoms. The first kappa shape index (κ1) is 16.9. The van der Waals surface area contributed by atoms with Crippen molar-refractivity contribution in [3.8, 4) is 0 Å². The minimum atomic E-state index is -3.79. The lowest BCUT2D eigenvalue weighted by Gasteiger charge is -2.35. The molecule has 0 aromatic heterocycles. The molecule has 1 rings (SSSR count). The number of hydrogen-bond donors (Lipinski definition) is 2. The van der Waals surface area contributed by atoms with Crippen LogP contribution in [0, 0.1) is 5.92 Å². The van der Waals surface area contributed by atoms with Crippen molar-refractivity contribution in [3.63, 3.8) is 0 Å². The van der Waals surface area contributed by atoms with Gasteiger partial charge in [0.2, 0.25) is 5.91 Å². The summed E-state index contributed by atoms with van der Waals surface area (Å²) in [5, 5.41) is 8.90. The van der Waals surface area contributed by atoms with Crippen LogP contribution in [0.2, 0.25) is 0 Å². The van der Waals surface area contributed by atoms with Crippen molar-refractivity contribution >= 4 is 22.1 Å². The third-order valence-corrected chi connectivity index (χ3v) is 5.47. The third kappa shape index (κ3) is 3.90. The Balaban J connectivity index is 2.82. The molecule has 9 heteroatoms. The molecule has 116 valence electrons. The van der Waals surface area contributed by atoms with E-state index in [1.165, 1.54) is 4.31 Å².